The summed E-state index contributed by atoms with van der Waals surface area (Å²) in [6.45, 7) is 2.10. The zero-order chi connectivity index (χ0) is 23.2. The molecule has 0 amide bonds. The van der Waals surface area contributed by atoms with Crippen molar-refractivity contribution in [1.29, 1.82) is 0 Å². The van der Waals surface area contributed by atoms with Gasteiger partial charge in [0.15, 0.2) is 0 Å². The third kappa shape index (κ3) is 5.36. The number of hydrogen-bond acceptors (Lipinski definition) is 5. The number of rotatable bonds is 9. The maximum absolute atomic E-state index is 5.66. The highest BCUT2D eigenvalue weighted by Crippen LogP contribution is 2.33. The van der Waals surface area contributed by atoms with Crippen LogP contribution < -0.4 is 4.74 Å². The molecule has 0 radical (unpaired) electrons. The van der Waals surface area contributed by atoms with Crippen LogP contribution in [0.5, 0.6) is 5.75 Å². The topological polar surface area (TPSA) is 43.8 Å². The van der Waals surface area contributed by atoms with E-state index in [4.69, 9.17) is 14.2 Å². The van der Waals surface area contributed by atoms with Crippen molar-refractivity contribution >= 4 is 10.9 Å². The van der Waals surface area contributed by atoms with Gasteiger partial charge in [-0.1, -0.05) is 42.5 Å². The summed E-state index contributed by atoms with van der Waals surface area (Å²) < 4.78 is 16.5. The number of aromatic nitrogens is 1. The first-order chi connectivity index (χ1) is 16.8. The summed E-state index contributed by atoms with van der Waals surface area (Å²) in [4.78, 5) is 7.14. The quantitative estimate of drug-likeness (QED) is 0.389. The van der Waals surface area contributed by atoms with Gasteiger partial charge < -0.3 is 14.2 Å². The molecule has 3 aromatic rings. The summed E-state index contributed by atoms with van der Waals surface area (Å²) in [5, 5.41) is 1.22. The van der Waals surface area contributed by atoms with E-state index in [1.807, 2.05) is 12.3 Å². The summed E-state index contributed by atoms with van der Waals surface area (Å²) in [6.07, 6.45) is 11.0. The predicted molar refractivity (Wildman–Crippen MR) is 134 cm³/mol. The number of methoxy groups -OCH3 is 1. The third-order valence-corrected chi connectivity index (χ3v) is 7.31. The second kappa shape index (κ2) is 10.9. The van der Waals surface area contributed by atoms with Crippen molar-refractivity contribution < 1.29 is 14.2 Å². The van der Waals surface area contributed by atoms with E-state index in [1.54, 1.807) is 13.4 Å². The number of ether oxygens (including phenoxy) is 3. The van der Waals surface area contributed by atoms with E-state index < -0.39 is 0 Å². The van der Waals surface area contributed by atoms with Gasteiger partial charge in [0.05, 0.1) is 13.7 Å². The minimum absolute atomic E-state index is 0.344. The fraction of sp³-hybridized carbons (Fsp3) is 0.414. The number of para-hydroxylation sites is 1. The van der Waals surface area contributed by atoms with Gasteiger partial charge in [0.2, 0.25) is 6.79 Å². The summed E-state index contributed by atoms with van der Waals surface area (Å²) in [6, 6.07) is 19.7. The van der Waals surface area contributed by atoms with Crippen LogP contribution in [0.25, 0.3) is 10.9 Å². The largest absolute Gasteiger partial charge is 0.494 e. The van der Waals surface area contributed by atoms with Gasteiger partial charge in [-0.05, 0) is 67.7 Å². The van der Waals surface area contributed by atoms with Gasteiger partial charge in [0.25, 0.3) is 0 Å². The molecule has 2 aliphatic rings. The fourth-order valence-electron chi connectivity index (χ4n) is 5.43. The molecular formula is C29H34N2O3. The lowest BCUT2D eigenvalue weighted by Gasteiger charge is -2.37. The Morgan fingerprint density at radius 1 is 0.971 bits per heavy atom. The number of hydrogen-bond donors (Lipinski definition) is 0. The number of nitrogens with zero attached hydrogens (tertiary/aromatic N) is 2. The molecule has 0 spiro atoms. The van der Waals surface area contributed by atoms with Gasteiger partial charge in [0.1, 0.15) is 23.3 Å². The van der Waals surface area contributed by atoms with Crippen LogP contribution in [0.1, 0.15) is 43.2 Å². The molecule has 5 rings (SSSR count). The molecule has 0 unspecified atom stereocenters. The smallest absolute Gasteiger partial charge is 0.229 e. The Morgan fingerprint density at radius 3 is 2.59 bits per heavy atom. The van der Waals surface area contributed by atoms with Crippen molar-refractivity contribution in [1.82, 2.24) is 9.88 Å². The maximum Gasteiger partial charge on any atom is 0.229 e. The second-order valence-electron chi connectivity index (χ2n) is 9.44. The molecule has 34 heavy (non-hydrogen) atoms. The first kappa shape index (κ1) is 22.7. The molecule has 2 aromatic carbocycles. The number of pyridine rings is 1. The normalized spacial score (nSPS) is 20.1. The highest BCUT2D eigenvalue weighted by molar-refractivity contribution is 5.87. The molecule has 0 N–H and O–H groups in total. The van der Waals surface area contributed by atoms with Gasteiger partial charge in [-0.3, -0.25) is 9.88 Å². The highest BCUT2D eigenvalue weighted by Gasteiger charge is 2.27. The molecule has 1 fully saturated rings. The number of benzene rings is 2. The van der Waals surface area contributed by atoms with Gasteiger partial charge >= 0.3 is 0 Å². The molecule has 2 heterocycles. The molecule has 1 aromatic heterocycles. The lowest BCUT2D eigenvalue weighted by atomic mass is 9.82. The van der Waals surface area contributed by atoms with Crippen molar-refractivity contribution in [2.45, 2.75) is 51.1 Å². The summed E-state index contributed by atoms with van der Waals surface area (Å²) in [5.41, 5.74) is 3.70. The van der Waals surface area contributed by atoms with Crippen LogP contribution >= 0.6 is 0 Å². The molecule has 5 nitrogen and oxygen atoms in total. The third-order valence-electron chi connectivity index (χ3n) is 7.31. The minimum atomic E-state index is 0.344. The summed E-state index contributed by atoms with van der Waals surface area (Å²) in [7, 11) is 1.71. The molecule has 178 valence electrons. The first-order valence-corrected chi connectivity index (χ1v) is 12.4. The van der Waals surface area contributed by atoms with Crippen LogP contribution in [0.2, 0.25) is 0 Å². The van der Waals surface area contributed by atoms with Crippen LogP contribution in [0.15, 0.2) is 72.8 Å². The highest BCUT2D eigenvalue weighted by atomic mass is 16.7. The van der Waals surface area contributed by atoms with Crippen LogP contribution in [-0.4, -0.2) is 36.4 Å². The van der Waals surface area contributed by atoms with E-state index in [1.165, 1.54) is 48.6 Å². The number of aryl methyl sites for hydroxylation is 1. The predicted octanol–water partition coefficient (Wildman–Crippen LogP) is 6.08. The Morgan fingerprint density at radius 2 is 1.82 bits per heavy atom. The Labute approximate surface area is 202 Å². The lowest BCUT2D eigenvalue weighted by molar-refractivity contribution is 0.0619. The average Bonchev–Trinajstić information content (AvgIpc) is 3.41. The molecule has 1 saturated carbocycles. The second-order valence-corrected chi connectivity index (χ2v) is 9.44. The fourth-order valence-corrected chi connectivity index (χ4v) is 5.43. The molecule has 0 atom stereocenters. The van der Waals surface area contributed by atoms with E-state index >= 15 is 0 Å². The van der Waals surface area contributed by atoms with Crippen LogP contribution in [0, 0.1) is 5.92 Å². The standard InChI is InChI=1S/C29H34N2O3/c1-32-28-9-5-8-27-24(16-17-30-29(27)28)13-10-22-11-14-25(15-12-22)31(19-26-20-33-21-34-26)18-23-6-3-2-4-7-23/h2-9,16-17,20,22,25H,10-15,18-19,21H2,1H3. The van der Waals surface area contributed by atoms with E-state index in [-0.39, 0.29) is 0 Å². The SMILES string of the molecule is COc1cccc2c(CCC3CCC(N(CC4=COCO4)Cc4ccccc4)CC3)ccnc12. The van der Waals surface area contributed by atoms with Gasteiger partial charge in [-0.2, -0.15) is 0 Å². The molecular weight excluding hydrogens is 424 g/mol. The van der Waals surface area contributed by atoms with Crippen molar-refractivity contribution in [3.05, 3.63) is 83.9 Å². The van der Waals surface area contributed by atoms with E-state index in [9.17, 15) is 0 Å². The van der Waals surface area contributed by atoms with Crippen LogP contribution in [-0.2, 0) is 22.4 Å². The Balaban J connectivity index is 1.20. The Kier molecular flexibility index (Phi) is 7.30. The molecule has 0 saturated heterocycles. The molecule has 1 aliphatic carbocycles. The number of fused-ring (bicyclic) bond motifs is 1. The molecule has 0 bridgehead atoms. The first-order valence-electron chi connectivity index (χ1n) is 12.4. The van der Waals surface area contributed by atoms with Crippen molar-refractivity contribution in [2.75, 3.05) is 20.4 Å². The Bertz CT molecular complexity index is 1110. The molecule has 1 aliphatic heterocycles. The Hall–Kier alpha value is -3.05. The summed E-state index contributed by atoms with van der Waals surface area (Å²) in [5.74, 6) is 2.57. The van der Waals surface area contributed by atoms with Crippen LogP contribution in [0.4, 0.5) is 0 Å². The van der Waals surface area contributed by atoms with Gasteiger partial charge in [0, 0.05) is 24.2 Å². The zero-order valence-corrected chi connectivity index (χ0v) is 20.0. The summed E-state index contributed by atoms with van der Waals surface area (Å²) >= 11 is 0. The van der Waals surface area contributed by atoms with E-state index in [0.717, 1.165) is 42.5 Å². The van der Waals surface area contributed by atoms with E-state index in [2.05, 4.69) is 58.4 Å². The van der Waals surface area contributed by atoms with Gasteiger partial charge in [-0.15, -0.1) is 0 Å². The van der Waals surface area contributed by atoms with Crippen LogP contribution in [0.3, 0.4) is 0 Å². The maximum atomic E-state index is 5.66. The monoisotopic (exact) mass is 458 g/mol. The van der Waals surface area contributed by atoms with Crippen molar-refractivity contribution in [3.63, 3.8) is 0 Å². The van der Waals surface area contributed by atoms with Crippen molar-refractivity contribution in [3.8, 4) is 5.75 Å². The van der Waals surface area contributed by atoms with Gasteiger partial charge in [-0.25, -0.2) is 0 Å². The zero-order valence-electron chi connectivity index (χ0n) is 20.0. The minimum Gasteiger partial charge on any atom is -0.494 e. The molecule has 5 heteroatoms. The lowest BCUT2D eigenvalue weighted by Crippen LogP contribution is -2.39. The average molecular weight is 459 g/mol. The van der Waals surface area contributed by atoms with E-state index in [0.29, 0.717) is 12.8 Å². The van der Waals surface area contributed by atoms with Crippen molar-refractivity contribution in [2.24, 2.45) is 5.92 Å².